The summed E-state index contributed by atoms with van der Waals surface area (Å²) in [6, 6.07) is 7.01. The summed E-state index contributed by atoms with van der Waals surface area (Å²) in [6.07, 6.45) is 1.39. The monoisotopic (exact) mass is 191 g/mol. The van der Waals surface area contributed by atoms with Crippen LogP contribution in [0, 0.1) is 0 Å². The zero-order chi connectivity index (χ0) is 10.6. The number of aldehydes is 1. The molecule has 3 nitrogen and oxygen atoms in total. The number of rotatable bonds is 4. The lowest BCUT2D eigenvalue weighted by Crippen LogP contribution is -2.10. The van der Waals surface area contributed by atoms with Crippen molar-refractivity contribution in [1.29, 1.82) is 0 Å². The maximum absolute atomic E-state index is 10.8. The van der Waals surface area contributed by atoms with Crippen molar-refractivity contribution in [1.82, 2.24) is 0 Å². The summed E-state index contributed by atoms with van der Waals surface area (Å²) in [7, 11) is 0. The molecule has 0 heterocycles. The topological polar surface area (TPSA) is 60.2 Å². The van der Waals surface area contributed by atoms with Crippen molar-refractivity contribution < 1.29 is 9.59 Å². The van der Waals surface area contributed by atoms with Gasteiger partial charge in [-0.15, -0.1) is 0 Å². The molecular formula is C11H13NO2. The minimum atomic E-state index is -0.431. The van der Waals surface area contributed by atoms with Gasteiger partial charge in [0, 0.05) is 12.0 Å². The first-order valence-electron chi connectivity index (χ1n) is 4.48. The molecular weight excluding hydrogens is 178 g/mol. The number of hydrogen-bond acceptors (Lipinski definition) is 2. The molecule has 0 saturated carbocycles. The van der Waals surface area contributed by atoms with Crippen molar-refractivity contribution in [3.8, 4) is 0 Å². The average molecular weight is 191 g/mol. The zero-order valence-corrected chi connectivity index (χ0v) is 8.07. The van der Waals surface area contributed by atoms with Crippen LogP contribution >= 0.6 is 0 Å². The number of nitrogens with two attached hydrogens (primary N) is 1. The average Bonchev–Trinajstić information content (AvgIpc) is 2.18. The van der Waals surface area contributed by atoms with E-state index in [4.69, 9.17) is 5.73 Å². The van der Waals surface area contributed by atoms with Crippen LogP contribution in [0.1, 0.15) is 35.2 Å². The van der Waals surface area contributed by atoms with E-state index in [0.29, 0.717) is 12.0 Å². The standard InChI is InChI=1S/C11H13NO2/c1-8(6-7-13)9-2-4-10(5-3-9)11(12)14/h2-5,7-8H,6H2,1H3,(H2,12,14). The van der Waals surface area contributed by atoms with Gasteiger partial charge in [0.1, 0.15) is 6.29 Å². The first-order valence-corrected chi connectivity index (χ1v) is 4.48. The van der Waals surface area contributed by atoms with Gasteiger partial charge in [0.05, 0.1) is 0 Å². The molecule has 0 fully saturated rings. The molecule has 0 aliphatic heterocycles. The molecule has 74 valence electrons. The van der Waals surface area contributed by atoms with Crippen molar-refractivity contribution in [2.45, 2.75) is 19.3 Å². The Morgan fingerprint density at radius 3 is 2.43 bits per heavy atom. The van der Waals surface area contributed by atoms with E-state index >= 15 is 0 Å². The molecule has 0 aromatic heterocycles. The van der Waals surface area contributed by atoms with Crippen molar-refractivity contribution in [2.75, 3.05) is 0 Å². The molecule has 14 heavy (non-hydrogen) atoms. The maximum atomic E-state index is 10.8. The lowest BCUT2D eigenvalue weighted by Gasteiger charge is -2.07. The summed E-state index contributed by atoms with van der Waals surface area (Å²) in [4.78, 5) is 21.1. The second-order valence-corrected chi connectivity index (χ2v) is 3.29. The molecule has 1 aromatic carbocycles. The van der Waals surface area contributed by atoms with Crippen LogP contribution in [-0.2, 0) is 4.79 Å². The lowest BCUT2D eigenvalue weighted by atomic mass is 9.97. The number of carbonyl (C=O) groups is 2. The molecule has 0 radical (unpaired) electrons. The molecule has 0 aliphatic carbocycles. The summed E-state index contributed by atoms with van der Waals surface area (Å²) in [6.45, 7) is 1.97. The molecule has 3 heteroatoms. The van der Waals surface area contributed by atoms with Crippen molar-refractivity contribution in [2.24, 2.45) is 5.73 Å². The normalized spacial score (nSPS) is 12.1. The third-order valence-corrected chi connectivity index (χ3v) is 2.21. The van der Waals surface area contributed by atoms with Crippen LogP contribution in [0.25, 0.3) is 0 Å². The van der Waals surface area contributed by atoms with Gasteiger partial charge in [0.2, 0.25) is 5.91 Å². The smallest absolute Gasteiger partial charge is 0.248 e. The predicted molar refractivity (Wildman–Crippen MR) is 54.1 cm³/mol. The first-order chi connectivity index (χ1) is 6.65. The summed E-state index contributed by atoms with van der Waals surface area (Å²) < 4.78 is 0. The highest BCUT2D eigenvalue weighted by Crippen LogP contribution is 2.17. The Hall–Kier alpha value is -1.64. The van der Waals surface area contributed by atoms with Crippen LogP contribution in [0.3, 0.4) is 0 Å². The van der Waals surface area contributed by atoms with Gasteiger partial charge < -0.3 is 10.5 Å². The van der Waals surface area contributed by atoms with Gasteiger partial charge in [-0.3, -0.25) is 4.79 Å². The van der Waals surface area contributed by atoms with E-state index in [1.54, 1.807) is 12.1 Å². The molecule has 1 aromatic rings. The fourth-order valence-corrected chi connectivity index (χ4v) is 1.26. The third-order valence-electron chi connectivity index (χ3n) is 2.21. The molecule has 1 unspecified atom stereocenters. The van der Waals surface area contributed by atoms with Crippen molar-refractivity contribution >= 4 is 12.2 Å². The highest BCUT2D eigenvalue weighted by molar-refractivity contribution is 5.92. The van der Waals surface area contributed by atoms with Crippen molar-refractivity contribution in [3.63, 3.8) is 0 Å². The van der Waals surface area contributed by atoms with E-state index in [1.807, 2.05) is 19.1 Å². The Morgan fingerprint density at radius 1 is 1.43 bits per heavy atom. The van der Waals surface area contributed by atoms with Crippen LogP contribution < -0.4 is 5.73 Å². The molecule has 1 rings (SSSR count). The minimum absolute atomic E-state index is 0.189. The maximum Gasteiger partial charge on any atom is 0.248 e. The van der Waals surface area contributed by atoms with Gasteiger partial charge in [-0.1, -0.05) is 19.1 Å². The Morgan fingerprint density at radius 2 is 2.00 bits per heavy atom. The quantitative estimate of drug-likeness (QED) is 0.733. The molecule has 1 amide bonds. The van der Waals surface area contributed by atoms with Gasteiger partial charge in [-0.2, -0.15) is 0 Å². The molecule has 0 spiro atoms. The second kappa shape index (κ2) is 4.56. The van der Waals surface area contributed by atoms with Gasteiger partial charge in [-0.25, -0.2) is 0 Å². The largest absolute Gasteiger partial charge is 0.366 e. The van der Waals surface area contributed by atoms with Crippen LogP contribution in [0.15, 0.2) is 24.3 Å². The number of primary amides is 1. The Labute approximate surface area is 82.9 Å². The van der Waals surface area contributed by atoms with Crippen molar-refractivity contribution in [3.05, 3.63) is 35.4 Å². The van der Waals surface area contributed by atoms with E-state index < -0.39 is 5.91 Å². The Balaban J connectivity index is 2.82. The summed E-state index contributed by atoms with van der Waals surface area (Å²) in [5, 5.41) is 0. The molecule has 0 aliphatic rings. The van der Waals surface area contributed by atoms with Crippen LogP contribution in [0.4, 0.5) is 0 Å². The number of carbonyl (C=O) groups excluding carboxylic acids is 2. The molecule has 0 saturated heterocycles. The van der Waals surface area contributed by atoms with Gasteiger partial charge in [0.15, 0.2) is 0 Å². The highest BCUT2D eigenvalue weighted by atomic mass is 16.1. The first kappa shape index (κ1) is 10.4. The van der Waals surface area contributed by atoms with Gasteiger partial charge in [-0.05, 0) is 23.6 Å². The number of benzene rings is 1. The lowest BCUT2D eigenvalue weighted by molar-refractivity contribution is -0.108. The Kier molecular flexibility index (Phi) is 3.40. The summed E-state index contributed by atoms with van der Waals surface area (Å²) in [5.41, 5.74) is 6.64. The summed E-state index contributed by atoms with van der Waals surface area (Å²) in [5.74, 6) is -0.242. The molecule has 0 bridgehead atoms. The fourth-order valence-electron chi connectivity index (χ4n) is 1.26. The number of hydrogen-bond donors (Lipinski definition) is 1. The molecule has 1 atom stereocenters. The van der Waals surface area contributed by atoms with Gasteiger partial charge in [0.25, 0.3) is 0 Å². The predicted octanol–water partition coefficient (Wildman–Crippen LogP) is 1.48. The highest BCUT2D eigenvalue weighted by Gasteiger charge is 2.05. The zero-order valence-electron chi connectivity index (χ0n) is 8.07. The third kappa shape index (κ3) is 2.42. The minimum Gasteiger partial charge on any atom is -0.366 e. The van der Waals surface area contributed by atoms with Crippen LogP contribution in [0.5, 0.6) is 0 Å². The van der Waals surface area contributed by atoms with E-state index in [1.165, 1.54) is 0 Å². The van der Waals surface area contributed by atoms with E-state index in [2.05, 4.69) is 0 Å². The van der Waals surface area contributed by atoms with Gasteiger partial charge >= 0.3 is 0 Å². The SMILES string of the molecule is CC(CC=O)c1ccc(C(N)=O)cc1. The van der Waals surface area contributed by atoms with Crippen LogP contribution in [0.2, 0.25) is 0 Å². The fraction of sp³-hybridized carbons (Fsp3) is 0.273. The molecule has 2 N–H and O–H groups in total. The second-order valence-electron chi connectivity index (χ2n) is 3.29. The van der Waals surface area contributed by atoms with E-state index in [0.717, 1.165) is 11.8 Å². The van der Waals surface area contributed by atoms with Crippen LogP contribution in [-0.4, -0.2) is 12.2 Å². The van der Waals surface area contributed by atoms with E-state index in [9.17, 15) is 9.59 Å². The number of amides is 1. The summed E-state index contributed by atoms with van der Waals surface area (Å²) >= 11 is 0. The Bertz CT molecular complexity index is 330. The van der Waals surface area contributed by atoms with E-state index in [-0.39, 0.29) is 5.92 Å².